The third kappa shape index (κ3) is 4.16. The number of aliphatic imine (C=N–C) groups is 1. The highest BCUT2D eigenvalue weighted by atomic mass is 14.7. The molecule has 1 N–H and O–H groups in total. The highest BCUT2D eigenvalue weighted by Gasteiger charge is 2.10. The molecule has 1 aromatic carbocycles. The Kier molecular flexibility index (Phi) is 5.11. The first-order chi connectivity index (χ1) is 8.04. The second-order valence-corrected chi connectivity index (χ2v) is 5.33. The lowest BCUT2D eigenvalue weighted by atomic mass is 9.91. The highest BCUT2D eigenvalue weighted by Crippen LogP contribution is 2.27. The van der Waals surface area contributed by atoms with Crippen LogP contribution in [0.2, 0.25) is 0 Å². The van der Waals surface area contributed by atoms with E-state index in [0.717, 1.165) is 18.5 Å². The number of nitrogens with zero attached hydrogens (tertiary/aromatic N) is 1. The molecule has 1 rings (SSSR count). The maximum Gasteiger partial charge on any atom is 0.0918 e. The molecular weight excluding hydrogens is 208 g/mol. The van der Waals surface area contributed by atoms with Crippen molar-refractivity contribution in [3.05, 3.63) is 29.3 Å². The van der Waals surface area contributed by atoms with Crippen LogP contribution in [0.5, 0.6) is 0 Å². The summed E-state index contributed by atoms with van der Waals surface area (Å²) in [6.07, 6.45) is 2.09. The first-order valence-corrected chi connectivity index (χ1v) is 6.27. The van der Waals surface area contributed by atoms with Gasteiger partial charge in [0.2, 0.25) is 0 Å². The van der Waals surface area contributed by atoms with Crippen molar-refractivity contribution >= 4 is 11.7 Å². The summed E-state index contributed by atoms with van der Waals surface area (Å²) in [5.74, 6) is 1.24. The molecule has 0 atom stereocenters. The largest absolute Gasteiger partial charge is 0.241 e. The molecule has 2 nitrogen and oxygen atoms in total. The molecule has 0 radical (unpaired) electrons. The normalized spacial score (nSPS) is 10.7. The predicted octanol–water partition coefficient (Wildman–Crippen LogP) is 4.47. The molecule has 17 heavy (non-hydrogen) atoms. The molecule has 2 heteroatoms. The summed E-state index contributed by atoms with van der Waals surface area (Å²) in [7, 11) is 0. The molecular formula is C15H22N2. The van der Waals surface area contributed by atoms with Gasteiger partial charge in [0.15, 0.2) is 0 Å². The fourth-order valence-corrected chi connectivity index (χ4v) is 2.06. The van der Waals surface area contributed by atoms with Crippen molar-refractivity contribution in [1.82, 2.24) is 0 Å². The Morgan fingerprint density at radius 2 is 1.76 bits per heavy atom. The van der Waals surface area contributed by atoms with E-state index in [1.54, 1.807) is 0 Å². The molecule has 0 aliphatic carbocycles. The molecule has 0 spiro atoms. The zero-order valence-corrected chi connectivity index (χ0v) is 11.2. The zero-order chi connectivity index (χ0) is 12.8. The van der Waals surface area contributed by atoms with Crippen LogP contribution >= 0.6 is 0 Å². The Morgan fingerprint density at radius 3 is 2.29 bits per heavy atom. The lowest BCUT2D eigenvalue weighted by molar-refractivity contribution is 0.616. The van der Waals surface area contributed by atoms with Crippen LogP contribution in [-0.2, 0) is 12.8 Å². The van der Waals surface area contributed by atoms with Gasteiger partial charge >= 0.3 is 0 Å². The van der Waals surface area contributed by atoms with Crippen LogP contribution in [0, 0.1) is 17.2 Å². The van der Waals surface area contributed by atoms with Gasteiger partial charge < -0.3 is 0 Å². The lowest BCUT2D eigenvalue weighted by Crippen LogP contribution is -2.03. The molecule has 0 aromatic heterocycles. The van der Waals surface area contributed by atoms with Gasteiger partial charge in [-0.3, -0.25) is 0 Å². The van der Waals surface area contributed by atoms with Crippen molar-refractivity contribution in [3.63, 3.8) is 0 Å². The standard InChI is InChI=1S/C15H22N2/c1-11(2)8-13-6-5-7-15(17-10-16)14(13)9-12(3)4/h5-7,11-12,16H,8-9H2,1-4H3. The van der Waals surface area contributed by atoms with Crippen LogP contribution in [0.15, 0.2) is 23.2 Å². The number of benzene rings is 1. The monoisotopic (exact) mass is 230 g/mol. The van der Waals surface area contributed by atoms with Crippen LogP contribution in [0.25, 0.3) is 0 Å². The SMILES string of the molecule is CC(C)Cc1cccc(N=C=N)c1CC(C)C. The van der Waals surface area contributed by atoms with Crippen molar-refractivity contribution < 1.29 is 0 Å². The van der Waals surface area contributed by atoms with Crippen molar-refractivity contribution in [1.29, 1.82) is 5.41 Å². The third-order valence-corrected chi connectivity index (χ3v) is 2.67. The summed E-state index contributed by atoms with van der Waals surface area (Å²) >= 11 is 0. The second kappa shape index (κ2) is 6.36. The van der Waals surface area contributed by atoms with Crippen molar-refractivity contribution in [2.45, 2.75) is 40.5 Å². The molecule has 0 fully saturated rings. The predicted molar refractivity (Wildman–Crippen MR) is 73.3 cm³/mol. The van der Waals surface area contributed by atoms with Crippen LogP contribution < -0.4 is 0 Å². The van der Waals surface area contributed by atoms with Crippen molar-refractivity contribution in [2.75, 3.05) is 0 Å². The minimum atomic E-state index is 0.600. The maximum absolute atomic E-state index is 7.01. The molecule has 0 unspecified atom stereocenters. The minimum Gasteiger partial charge on any atom is -0.241 e. The Balaban J connectivity index is 3.18. The molecule has 0 amide bonds. The molecule has 0 bridgehead atoms. The highest BCUT2D eigenvalue weighted by molar-refractivity contribution is 5.57. The molecule has 0 saturated carbocycles. The Hall–Kier alpha value is -1.40. The number of hydrogen-bond donors (Lipinski definition) is 1. The van der Waals surface area contributed by atoms with E-state index in [0.29, 0.717) is 11.8 Å². The van der Waals surface area contributed by atoms with Gasteiger partial charge in [0, 0.05) is 0 Å². The van der Waals surface area contributed by atoms with Gasteiger partial charge in [-0.25, -0.2) is 5.41 Å². The van der Waals surface area contributed by atoms with E-state index in [2.05, 4.69) is 44.8 Å². The molecule has 0 aliphatic rings. The fourth-order valence-electron chi connectivity index (χ4n) is 2.06. The average molecular weight is 230 g/mol. The van der Waals surface area contributed by atoms with E-state index in [-0.39, 0.29) is 0 Å². The number of rotatable bonds is 5. The van der Waals surface area contributed by atoms with Crippen LogP contribution in [0.1, 0.15) is 38.8 Å². The van der Waals surface area contributed by atoms with Gasteiger partial charge in [-0.2, -0.15) is 4.99 Å². The lowest BCUT2D eigenvalue weighted by Gasteiger charge is -2.15. The van der Waals surface area contributed by atoms with E-state index >= 15 is 0 Å². The third-order valence-electron chi connectivity index (χ3n) is 2.67. The average Bonchev–Trinajstić information content (AvgIpc) is 2.21. The first kappa shape index (κ1) is 13.7. The summed E-state index contributed by atoms with van der Waals surface area (Å²) in [5.41, 5.74) is 3.56. The Labute approximate surface area is 104 Å². The summed E-state index contributed by atoms with van der Waals surface area (Å²) in [6.45, 7) is 8.88. The van der Waals surface area contributed by atoms with Gasteiger partial charge in [-0.1, -0.05) is 39.8 Å². The summed E-state index contributed by atoms with van der Waals surface area (Å²) in [5, 5.41) is 7.01. The zero-order valence-electron chi connectivity index (χ0n) is 11.2. The Bertz CT molecular complexity index is 413. The van der Waals surface area contributed by atoms with E-state index in [4.69, 9.17) is 5.41 Å². The van der Waals surface area contributed by atoms with E-state index in [9.17, 15) is 0 Å². The quantitative estimate of drug-likeness (QED) is 0.725. The Morgan fingerprint density at radius 1 is 1.12 bits per heavy atom. The van der Waals surface area contributed by atoms with Gasteiger partial charge in [0.25, 0.3) is 0 Å². The van der Waals surface area contributed by atoms with E-state index in [1.807, 2.05) is 12.1 Å². The van der Waals surface area contributed by atoms with E-state index < -0.39 is 0 Å². The smallest absolute Gasteiger partial charge is 0.0918 e. The van der Waals surface area contributed by atoms with Crippen molar-refractivity contribution in [2.24, 2.45) is 16.8 Å². The first-order valence-electron chi connectivity index (χ1n) is 6.27. The maximum atomic E-state index is 7.01. The van der Waals surface area contributed by atoms with Gasteiger partial charge in [-0.05, 0) is 41.9 Å². The fraction of sp³-hybridized carbons (Fsp3) is 0.533. The van der Waals surface area contributed by atoms with Gasteiger partial charge in [0.05, 0.1) is 11.7 Å². The molecule has 0 saturated heterocycles. The summed E-state index contributed by atoms with van der Waals surface area (Å²) < 4.78 is 0. The van der Waals surface area contributed by atoms with Gasteiger partial charge in [-0.15, -0.1) is 0 Å². The number of nitrogens with one attached hydrogen (secondary N) is 1. The molecule has 1 aromatic rings. The molecule has 0 heterocycles. The number of hydrogen-bond acceptors (Lipinski definition) is 2. The second-order valence-electron chi connectivity index (χ2n) is 5.33. The topological polar surface area (TPSA) is 36.2 Å². The van der Waals surface area contributed by atoms with Crippen LogP contribution in [-0.4, -0.2) is 6.01 Å². The van der Waals surface area contributed by atoms with Gasteiger partial charge in [0.1, 0.15) is 0 Å². The molecule has 92 valence electrons. The van der Waals surface area contributed by atoms with Crippen LogP contribution in [0.4, 0.5) is 5.69 Å². The van der Waals surface area contributed by atoms with Crippen LogP contribution in [0.3, 0.4) is 0 Å². The van der Waals surface area contributed by atoms with Crippen molar-refractivity contribution in [3.8, 4) is 0 Å². The van der Waals surface area contributed by atoms with E-state index in [1.165, 1.54) is 11.1 Å². The minimum absolute atomic E-state index is 0.600. The molecule has 0 aliphatic heterocycles. The summed E-state index contributed by atoms with van der Waals surface area (Å²) in [6, 6.07) is 8.34. The summed E-state index contributed by atoms with van der Waals surface area (Å²) in [4.78, 5) is 4.04.